The minimum Gasteiger partial charge on any atom is -0.344 e. The van der Waals surface area contributed by atoms with E-state index in [1.165, 1.54) is 11.3 Å². The van der Waals surface area contributed by atoms with Gasteiger partial charge in [-0.2, -0.15) is 0 Å². The number of imidazole rings is 1. The summed E-state index contributed by atoms with van der Waals surface area (Å²) < 4.78 is 2.70. The highest BCUT2D eigenvalue weighted by Crippen LogP contribution is 2.29. The fourth-order valence-corrected chi connectivity index (χ4v) is 3.53. The lowest BCUT2D eigenvalue weighted by atomic mass is 10.2. The number of hydrogen-bond donors (Lipinski definition) is 1. The van der Waals surface area contributed by atoms with E-state index in [9.17, 15) is 9.59 Å². The average Bonchev–Trinajstić information content (AvgIpc) is 3.08. The van der Waals surface area contributed by atoms with Gasteiger partial charge in [0.1, 0.15) is 0 Å². The molecule has 3 rings (SSSR count). The fourth-order valence-electron chi connectivity index (χ4n) is 2.46. The fraction of sp³-hybridized carbons (Fsp3) is 0.235. The van der Waals surface area contributed by atoms with Crippen LogP contribution in [0.25, 0.3) is 10.1 Å². The van der Waals surface area contributed by atoms with Gasteiger partial charge in [0.2, 0.25) is 0 Å². The molecule has 0 radical (unpaired) electrons. The number of amides is 2. The van der Waals surface area contributed by atoms with E-state index in [0.29, 0.717) is 16.4 Å². The highest BCUT2D eigenvalue weighted by Gasteiger charge is 2.15. The van der Waals surface area contributed by atoms with E-state index in [0.717, 1.165) is 15.8 Å². The molecule has 0 aliphatic carbocycles. The van der Waals surface area contributed by atoms with Crippen LogP contribution in [0.4, 0.5) is 5.69 Å². The molecular formula is C17H18N4O2S. The molecule has 0 aliphatic rings. The molecule has 124 valence electrons. The zero-order valence-electron chi connectivity index (χ0n) is 14.0. The SMILES string of the molecule is Cc1cn(C)c(C(=O)Nc2ccc3sc(C(=O)N(C)C)cc3c2)n1. The van der Waals surface area contributed by atoms with Crippen molar-refractivity contribution in [2.45, 2.75) is 6.92 Å². The van der Waals surface area contributed by atoms with Gasteiger partial charge in [0.25, 0.3) is 11.8 Å². The third-order valence-electron chi connectivity index (χ3n) is 3.59. The largest absolute Gasteiger partial charge is 0.344 e. The second kappa shape index (κ2) is 6.09. The highest BCUT2D eigenvalue weighted by molar-refractivity contribution is 7.20. The van der Waals surface area contributed by atoms with Gasteiger partial charge in [0.15, 0.2) is 5.82 Å². The van der Waals surface area contributed by atoms with E-state index in [-0.39, 0.29) is 11.8 Å². The maximum absolute atomic E-state index is 12.3. The first-order valence-electron chi connectivity index (χ1n) is 7.41. The molecule has 0 saturated heterocycles. The van der Waals surface area contributed by atoms with E-state index in [2.05, 4.69) is 10.3 Å². The molecule has 0 spiro atoms. The smallest absolute Gasteiger partial charge is 0.291 e. The molecule has 0 fully saturated rings. The first-order chi connectivity index (χ1) is 11.3. The number of hydrogen-bond acceptors (Lipinski definition) is 4. The third kappa shape index (κ3) is 3.03. The Labute approximate surface area is 143 Å². The van der Waals surface area contributed by atoms with Crippen LogP contribution in [0.5, 0.6) is 0 Å². The van der Waals surface area contributed by atoms with E-state index < -0.39 is 0 Å². The first kappa shape index (κ1) is 16.2. The molecule has 2 aromatic heterocycles. The van der Waals surface area contributed by atoms with E-state index in [4.69, 9.17) is 0 Å². The molecule has 6 nitrogen and oxygen atoms in total. The average molecular weight is 342 g/mol. The maximum Gasteiger partial charge on any atom is 0.291 e. The number of nitrogens with zero attached hydrogens (tertiary/aromatic N) is 3. The lowest BCUT2D eigenvalue weighted by Gasteiger charge is -2.06. The van der Waals surface area contributed by atoms with Crippen molar-refractivity contribution in [1.29, 1.82) is 0 Å². The van der Waals surface area contributed by atoms with Crippen LogP contribution < -0.4 is 5.32 Å². The van der Waals surface area contributed by atoms with Gasteiger partial charge in [-0.3, -0.25) is 9.59 Å². The van der Waals surface area contributed by atoms with Crippen LogP contribution >= 0.6 is 11.3 Å². The van der Waals surface area contributed by atoms with E-state index in [1.807, 2.05) is 31.2 Å². The number of carbonyl (C=O) groups is 2. The summed E-state index contributed by atoms with van der Waals surface area (Å²) in [6.07, 6.45) is 1.80. The summed E-state index contributed by atoms with van der Waals surface area (Å²) in [5.74, 6) is 0.0800. The van der Waals surface area contributed by atoms with Gasteiger partial charge in [0.05, 0.1) is 10.6 Å². The lowest BCUT2D eigenvalue weighted by molar-refractivity contribution is 0.0832. The predicted octanol–water partition coefficient (Wildman–Crippen LogP) is 2.90. The van der Waals surface area contributed by atoms with Crippen LogP contribution in [0.1, 0.15) is 26.0 Å². The van der Waals surface area contributed by atoms with Crippen LogP contribution in [-0.2, 0) is 7.05 Å². The Hall–Kier alpha value is -2.67. The van der Waals surface area contributed by atoms with Crippen molar-refractivity contribution in [2.75, 3.05) is 19.4 Å². The molecule has 0 unspecified atom stereocenters. The van der Waals surface area contributed by atoms with E-state index >= 15 is 0 Å². The molecule has 0 aliphatic heterocycles. The van der Waals surface area contributed by atoms with Crippen LogP contribution in [0, 0.1) is 6.92 Å². The summed E-state index contributed by atoms with van der Waals surface area (Å²) in [5.41, 5.74) is 1.47. The lowest BCUT2D eigenvalue weighted by Crippen LogP contribution is -2.20. The van der Waals surface area contributed by atoms with Gasteiger partial charge in [0, 0.05) is 37.7 Å². The Morgan fingerprint density at radius 1 is 1.25 bits per heavy atom. The predicted molar refractivity (Wildman–Crippen MR) is 95.7 cm³/mol. The van der Waals surface area contributed by atoms with Crippen molar-refractivity contribution in [3.05, 3.63) is 46.9 Å². The van der Waals surface area contributed by atoms with Gasteiger partial charge in [-0.25, -0.2) is 4.98 Å². The van der Waals surface area contributed by atoms with Gasteiger partial charge >= 0.3 is 0 Å². The Morgan fingerprint density at radius 3 is 2.62 bits per heavy atom. The molecular weight excluding hydrogens is 324 g/mol. The third-order valence-corrected chi connectivity index (χ3v) is 4.70. The van der Waals surface area contributed by atoms with Crippen LogP contribution in [0.2, 0.25) is 0 Å². The first-order valence-corrected chi connectivity index (χ1v) is 8.23. The Morgan fingerprint density at radius 2 is 2.00 bits per heavy atom. The van der Waals surface area contributed by atoms with Crippen molar-refractivity contribution in [1.82, 2.24) is 14.5 Å². The molecule has 2 amide bonds. The molecule has 1 N–H and O–H groups in total. The highest BCUT2D eigenvalue weighted by atomic mass is 32.1. The summed E-state index contributed by atoms with van der Waals surface area (Å²) in [6.45, 7) is 1.84. The number of carbonyl (C=O) groups excluding carboxylic acids is 2. The van der Waals surface area contributed by atoms with Crippen LogP contribution in [0.3, 0.4) is 0 Å². The monoisotopic (exact) mass is 342 g/mol. The number of fused-ring (bicyclic) bond motifs is 1. The molecule has 3 aromatic rings. The van der Waals surface area contributed by atoms with Gasteiger partial charge < -0.3 is 14.8 Å². The Kier molecular flexibility index (Phi) is 4.11. The van der Waals surface area contributed by atoms with Crippen molar-refractivity contribution >= 4 is 38.9 Å². The molecule has 0 bridgehead atoms. The number of aromatic nitrogens is 2. The summed E-state index contributed by atoms with van der Waals surface area (Å²) in [5, 5.41) is 3.78. The molecule has 7 heteroatoms. The second-order valence-electron chi connectivity index (χ2n) is 5.83. The molecule has 0 saturated carbocycles. The van der Waals surface area contributed by atoms with Crippen LogP contribution in [0.15, 0.2) is 30.5 Å². The summed E-state index contributed by atoms with van der Waals surface area (Å²) >= 11 is 1.44. The van der Waals surface area contributed by atoms with Gasteiger partial charge in [-0.05, 0) is 36.6 Å². The number of nitrogens with one attached hydrogen (secondary N) is 1. The van der Waals surface area contributed by atoms with Crippen molar-refractivity contribution in [2.24, 2.45) is 7.05 Å². The summed E-state index contributed by atoms with van der Waals surface area (Å²) in [6, 6.07) is 7.46. The zero-order chi connectivity index (χ0) is 17.4. The zero-order valence-corrected chi connectivity index (χ0v) is 14.8. The number of aryl methyl sites for hydroxylation is 2. The second-order valence-corrected chi connectivity index (χ2v) is 6.92. The molecule has 0 atom stereocenters. The quantitative estimate of drug-likeness (QED) is 0.796. The topological polar surface area (TPSA) is 67.2 Å². The summed E-state index contributed by atoms with van der Waals surface area (Å²) in [4.78, 5) is 30.8. The maximum atomic E-state index is 12.3. The molecule has 24 heavy (non-hydrogen) atoms. The Balaban J connectivity index is 1.87. The number of rotatable bonds is 3. The van der Waals surface area contributed by atoms with Crippen LogP contribution in [-0.4, -0.2) is 40.4 Å². The molecule has 1 aromatic carbocycles. The molecule has 2 heterocycles. The van der Waals surface area contributed by atoms with Gasteiger partial charge in [-0.1, -0.05) is 0 Å². The standard InChI is InChI=1S/C17H18N4O2S/c1-10-9-21(4)15(18-10)16(22)19-12-5-6-13-11(7-12)8-14(24-13)17(23)20(2)3/h5-9H,1-4H3,(H,19,22). The summed E-state index contributed by atoms with van der Waals surface area (Å²) in [7, 11) is 5.25. The minimum absolute atomic E-state index is 0.0229. The van der Waals surface area contributed by atoms with E-state index in [1.54, 1.807) is 36.8 Å². The normalized spacial score (nSPS) is 10.8. The number of thiophene rings is 1. The van der Waals surface area contributed by atoms with Gasteiger partial charge in [-0.15, -0.1) is 11.3 Å². The minimum atomic E-state index is -0.259. The van der Waals surface area contributed by atoms with Crippen molar-refractivity contribution in [3.8, 4) is 0 Å². The van der Waals surface area contributed by atoms with Crippen molar-refractivity contribution < 1.29 is 9.59 Å². The number of benzene rings is 1. The Bertz CT molecular complexity index is 939. The number of anilines is 1. The van der Waals surface area contributed by atoms with Crippen molar-refractivity contribution in [3.63, 3.8) is 0 Å².